The second-order valence-electron chi connectivity index (χ2n) is 15.0. The fourth-order valence-electron chi connectivity index (χ4n) is 6.80. The van der Waals surface area contributed by atoms with Crippen molar-refractivity contribution >= 4 is 0 Å². The van der Waals surface area contributed by atoms with Gasteiger partial charge in [-0.15, -0.1) is 0 Å². The van der Waals surface area contributed by atoms with E-state index in [2.05, 4.69) is 37.7 Å². The van der Waals surface area contributed by atoms with Crippen LogP contribution < -0.4 is 0 Å². The molecule has 4 nitrogen and oxygen atoms in total. The van der Waals surface area contributed by atoms with Crippen LogP contribution in [0.15, 0.2) is 0 Å². The molecule has 2 N–H and O–H groups in total. The van der Waals surface area contributed by atoms with Crippen LogP contribution in [0.3, 0.4) is 0 Å². The molecule has 272 valence electrons. The summed E-state index contributed by atoms with van der Waals surface area (Å²) in [6, 6.07) is 0. The largest absolute Gasteiger partial charge is 0.392 e. The molecule has 2 atom stereocenters. The third-order valence-electron chi connectivity index (χ3n) is 9.80. The molecule has 0 aliphatic heterocycles. The molecule has 0 fully saturated rings. The first-order valence-electron chi connectivity index (χ1n) is 20.7. The number of aliphatic hydroxyl groups is 2. The van der Waals surface area contributed by atoms with Crippen LogP contribution in [-0.2, 0) is 0 Å². The van der Waals surface area contributed by atoms with E-state index < -0.39 is 0 Å². The molecule has 2 unspecified atom stereocenters. The van der Waals surface area contributed by atoms with Crippen molar-refractivity contribution in [3.8, 4) is 0 Å². The van der Waals surface area contributed by atoms with Gasteiger partial charge in [-0.25, -0.2) is 0 Å². The topological polar surface area (TPSA) is 46.9 Å². The third kappa shape index (κ3) is 36.5. The van der Waals surface area contributed by atoms with Gasteiger partial charge in [-0.1, -0.05) is 194 Å². The molecular weight excluding hydrogens is 552 g/mol. The molecule has 0 heterocycles. The Balaban J connectivity index is 3.88. The lowest BCUT2D eigenvalue weighted by Gasteiger charge is -2.28. The van der Waals surface area contributed by atoms with Crippen molar-refractivity contribution in [3.63, 3.8) is 0 Å². The highest BCUT2D eigenvalue weighted by atomic mass is 16.3. The summed E-state index contributed by atoms with van der Waals surface area (Å²) in [5, 5.41) is 21.6. The zero-order valence-electron chi connectivity index (χ0n) is 31.7. The average Bonchev–Trinajstić information content (AvgIpc) is 3.01. The van der Waals surface area contributed by atoms with Crippen LogP contribution in [0.2, 0.25) is 0 Å². The van der Waals surface area contributed by atoms with E-state index in [0.29, 0.717) is 13.1 Å². The van der Waals surface area contributed by atoms with Crippen LogP contribution in [-0.4, -0.2) is 72.5 Å². The third-order valence-corrected chi connectivity index (χ3v) is 9.80. The Kier molecular flexibility index (Phi) is 36.5. The molecule has 0 aromatic carbocycles. The predicted molar refractivity (Wildman–Crippen MR) is 201 cm³/mol. The number of rotatable bonds is 38. The van der Waals surface area contributed by atoms with Crippen LogP contribution in [0.5, 0.6) is 0 Å². The van der Waals surface area contributed by atoms with E-state index in [1.807, 2.05) is 0 Å². The molecule has 0 aliphatic carbocycles. The van der Waals surface area contributed by atoms with E-state index >= 15 is 0 Å². The zero-order valence-corrected chi connectivity index (χ0v) is 31.7. The first-order chi connectivity index (χ1) is 22.0. The normalized spacial score (nSPS) is 13.3. The van der Waals surface area contributed by atoms with Crippen LogP contribution in [0.25, 0.3) is 0 Å². The van der Waals surface area contributed by atoms with Crippen molar-refractivity contribution in [2.45, 2.75) is 225 Å². The molecule has 0 saturated heterocycles. The summed E-state index contributed by atoms with van der Waals surface area (Å²) >= 11 is 0. The minimum absolute atomic E-state index is 0.269. The Hall–Kier alpha value is -0.160. The van der Waals surface area contributed by atoms with Crippen molar-refractivity contribution < 1.29 is 10.2 Å². The fraction of sp³-hybridized carbons (Fsp3) is 1.00. The van der Waals surface area contributed by atoms with E-state index in [1.54, 1.807) is 0 Å². The molecule has 0 aliphatic rings. The predicted octanol–water partition coefficient (Wildman–Crippen LogP) is 11.7. The standard InChI is InChI=1S/C41H86N2O2/c1-5-7-9-11-13-15-17-19-21-23-25-27-29-31-34-40(44)38-43(37-33-36-42(3)4)39-41(45)35-32-30-28-26-24-22-20-18-16-14-12-10-8-6-2/h40-41,44-45H,5-39H2,1-4H3. The van der Waals surface area contributed by atoms with E-state index in [4.69, 9.17) is 0 Å². The lowest BCUT2D eigenvalue weighted by molar-refractivity contribution is 0.0590. The highest BCUT2D eigenvalue weighted by Crippen LogP contribution is 2.16. The van der Waals surface area contributed by atoms with Crippen molar-refractivity contribution in [3.05, 3.63) is 0 Å². The molecule has 0 aromatic rings. The van der Waals surface area contributed by atoms with Gasteiger partial charge in [0.1, 0.15) is 0 Å². The molecule has 0 spiro atoms. The number of hydrogen-bond acceptors (Lipinski definition) is 4. The Morgan fingerprint density at radius 3 is 0.889 bits per heavy atom. The summed E-state index contributed by atoms with van der Waals surface area (Å²) in [4.78, 5) is 4.57. The highest BCUT2D eigenvalue weighted by Gasteiger charge is 2.16. The van der Waals surface area contributed by atoms with E-state index in [9.17, 15) is 10.2 Å². The maximum atomic E-state index is 10.8. The smallest absolute Gasteiger partial charge is 0.0667 e. The van der Waals surface area contributed by atoms with Gasteiger partial charge in [0.05, 0.1) is 12.2 Å². The number of nitrogens with zero attached hydrogens (tertiary/aromatic N) is 2. The quantitative estimate of drug-likeness (QED) is 0.0661. The Morgan fingerprint density at radius 2 is 0.622 bits per heavy atom. The van der Waals surface area contributed by atoms with Crippen LogP contribution in [0.4, 0.5) is 0 Å². The van der Waals surface area contributed by atoms with Gasteiger partial charge >= 0.3 is 0 Å². The molecule has 0 rings (SSSR count). The fourth-order valence-corrected chi connectivity index (χ4v) is 6.80. The van der Waals surface area contributed by atoms with Gasteiger partial charge in [-0.2, -0.15) is 0 Å². The summed E-state index contributed by atoms with van der Waals surface area (Å²) in [6.45, 7) is 8.02. The minimum Gasteiger partial charge on any atom is -0.392 e. The molecule has 0 amide bonds. The Labute approximate surface area is 284 Å². The first kappa shape index (κ1) is 44.8. The van der Waals surface area contributed by atoms with Crippen molar-refractivity contribution in [2.24, 2.45) is 0 Å². The van der Waals surface area contributed by atoms with Gasteiger partial charge in [0.15, 0.2) is 0 Å². The van der Waals surface area contributed by atoms with Crippen LogP contribution in [0, 0.1) is 0 Å². The lowest BCUT2D eigenvalue weighted by Crippen LogP contribution is -2.39. The van der Waals surface area contributed by atoms with E-state index in [1.165, 1.54) is 167 Å². The van der Waals surface area contributed by atoms with Gasteiger partial charge in [-0.3, -0.25) is 4.90 Å². The van der Waals surface area contributed by atoms with E-state index in [-0.39, 0.29) is 12.2 Å². The van der Waals surface area contributed by atoms with Gasteiger partial charge in [0.2, 0.25) is 0 Å². The van der Waals surface area contributed by atoms with Gasteiger partial charge in [0.25, 0.3) is 0 Å². The molecule has 0 aromatic heterocycles. The summed E-state index contributed by atoms with van der Waals surface area (Å²) in [7, 11) is 4.25. The van der Waals surface area contributed by atoms with Gasteiger partial charge in [0, 0.05) is 13.1 Å². The average molecular weight is 639 g/mol. The molecule has 0 saturated carbocycles. The molecular formula is C41H86N2O2. The summed E-state index contributed by atoms with van der Waals surface area (Å²) < 4.78 is 0. The van der Waals surface area contributed by atoms with Gasteiger partial charge < -0.3 is 15.1 Å². The SMILES string of the molecule is CCCCCCCCCCCCCCCCC(O)CN(CCCN(C)C)CC(O)CCCCCCCCCCCCCCCC. The van der Waals surface area contributed by atoms with Crippen molar-refractivity contribution in [1.29, 1.82) is 0 Å². The zero-order chi connectivity index (χ0) is 33.1. The van der Waals surface area contributed by atoms with Gasteiger partial charge in [-0.05, 0) is 46.4 Å². The lowest BCUT2D eigenvalue weighted by atomic mass is 10.0. The summed E-state index contributed by atoms with van der Waals surface area (Å²) in [6.07, 6.45) is 40.7. The summed E-state index contributed by atoms with van der Waals surface area (Å²) in [5.74, 6) is 0. The van der Waals surface area contributed by atoms with Crippen LogP contribution >= 0.6 is 0 Å². The first-order valence-corrected chi connectivity index (χ1v) is 20.7. The molecule has 45 heavy (non-hydrogen) atoms. The maximum absolute atomic E-state index is 10.8. The Bertz CT molecular complexity index is 504. The number of unbranched alkanes of at least 4 members (excludes halogenated alkanes) is 26. The second kappa shape index (κ2) is 36.7. The second-order valence-corrected chi connectivity index (χ2v) is 15.0. The van der Waals surface area contributed by atoms with E-state index in [0.717, 1.165) is 45.2 Å². The highest BCUT2D eigenvalue weighted by molar-refractivity contribution is 4.70. The molecule has 0 radical (unpaired) electrons. The van der Waals surface area contributed by atoms with Crippen molar-refractivity contribution in [2.75, 3.05) is 40.3 Å². The molecule has 4 heteroatoms. The Morgan fingerprint density at radius 1 is 0.356 bits per heavy atom. The number of aliphatic hydroxyl groups excluding tert-OH is 2. The number of hydrogen-bond donors (Lipinski definition) is 2. The maximum Gasteiger partial charge on any atom is 0.0667 e. The van der Waals surface area contributed by atoms with Crippen LogP contribution in [0.1, 0.15) is 213 Å². The summed E-state index contributed by atoms with van der Waals surface area (Å²) in [5.41, 5.74) is 0. The molecule has 0 bridgehead atoms. The minimum atomic E-state index is -0.269. The van der Waals surface area contributed by atoms with Crippen molar-refractivity contribution in [1.82, 2.24) is 9.80 Å². The monoisotopic (exact) mass is 639 g/mol.